The molecule has 2 atom stereocenters. The number of anilines is 1. The standard InChI is InChI=1S/C17H21N3O3/c1-3-10(2)18-12-5-4-11-9-20(17(23)13(11)8-12)14-6-7-15(21)19-16(14)22/h4-5,8,10,14,18H,3,6-7,9H2,1-2H3,(H,19,21,22)/t10-,14?/m1/s1. The Kier molecular flexibility index (Phi) is 4.07. The summed E-state index contributed by atoms with van der Waals surface area (Å²) >= 11 is 0. The van der Waals surface area contributed by atoms with Crippen molar-refractivity contribution in [1.82, 2.24) is 10.2 Å². The molecule has 0 radical (unpaired) electrons. The number of carbonyl (C=O) groups excluding carboxylic acids is 3. The maximum atomic E-state index is 12.7. The van der Waals surface area contributed by atoms with E-state index in [2.05, 4.69) is 24.5 Å². The number of nitrogens with one attached hydrogen (secondary N) is 2. The Bertz CT molecular complexity index is 671. The van der Waals surface area contributed by atoms with Gasteiger partial charge in [0.05, 0.1) is 0 Å². The van der Waals surface area contributed by atoms with E-state index in [0.717, 1.165) is 17.7 Å². The van der Waals surface area contributed by atoms with Crippen molar-refractivity contribution in [2.24, 2.45) is 0 Å². The molecule has 1 unspecified atom stereocenters. The second-order valence-electron chi connectivity index (χ2n) is 6.23. The molecule has 1 aromatic rings. The quantitative estimate of drug-likeness (QED) is 0.828. The van der Waals surface area contributed by atoms with Crippen LogP contribution in [0.5, 0.6) is 0 Å². The van der Waals surface area contributed by atoms with Crippen LogP contribution < -0.4 is 10.6 Å². The van der Waals surface area contributed by atoms with E-state index < -0.39 is 6.04 Å². The van der Waals surface area contributed by atoms with Crippen LogP contribution in [0.25, 0.3) is 0 Å². The summed E-state index contributed by atoms with van der Waals surface area (Å²) in [6, 6.07) is 5.53. The van der Waals surface area contributed by atoms with Gasteiger partial charge in [-0.1, -0.05) is 13.0 Å². The Morgan fingerprint density at radius 3 is 2.83 bits per heavy atom. The first-order chi connectivity index (χ1) is 11.0. The molecule has 0 bridgehead atoms. The van der Waals surface area contributed by atoms with Gasteiger partial charge in [-0.05, 0) is 37.5 Å². The average Bonchev–Trinajstić information content (AvgIpc) is 2.84. The Morgan fingerprint density at radius 1 is 1.35 bits per heavy atom. The van der Waals surface area contributed by atoms with Gasteiger partial charge >= 0.3 is 0 Å². The molecule has 0 aromatic heterocycles. The summed E-state index contributed by atoms with van der Waals surface area (Å²) in [6.45, 7) is 4.61. The highest BCUT2D eigenvalue weighted by Gasteiger charge is 2.39. The first-order valence-electron chi connectivity index (χ1n) is 8.03. The van der Waals surface area contributed by atoms with E-state index in [1.807, 2.05) is 18.2 Å². The van der Waals surface area contributed by atoms with Crippen molar-refractivity contribution in [3.63, 3.8) is 0 Å². The molecule has 6 nitrogen and oxygen atoms in total. The number of amides is 3. The first-order valence-corrected chi connectivity index (χ1v) is 8.03. The van der Waals surface area contributed by atoms with Gasteiger partial charge in [-0.3, -0.25) is 19.7 Å². The first kappa shape index (κ1) is 15.5. The van der Waals surface area contributed by atoms with Gasteiger partial charge in [-0.2, -0.15) is 0 Å². The summed E-state index contributed by atoms with van der Waals surface area (Å²) in [4.78, 5) is 37.5. The van der Waals surface area contributed by atoms with Crippen LogP contribution in [0.15, 0.2) is 18.2 Å². The average molecular weight is 315 g/mol. The minimum absolute atomic E-state index is 0.137. The third-order valence-corrected chi connectivity index (χ3v) is 4.55. The van der Waals surface area contributed by atoms with E-state index in [0.29, 0.717) is 24.6 Å². The fourth-order valence-corrected chi connectivity index (χ4v) is 3.03. The molecule has 23 heavy (non-hydrogen) atoms. The minimum Gasteiger partial charge on any atom is -0.383 e. The molecule has 3 rings (SSSR count). The molecular weight excluding hydrogens is 294 g/mol. The molecular formula is C17H21N3O3. The number of imide groups is 1. The number of carbonyl (C=O) groups is 3. The van der Waals surface area contributed by atoms with Gasteiger partial charge in [0.15, 0.2) is 0 Å². The van der Waals surface area contributed by atoms with Gasteiger partial charge in [-0.25, -0.2) is 0 Å². The molecule has 2 aliphatic heterocycles. The summed E-state index contributed by atoms with van der Waals surface area (Å²) in [7, 11) is 0. The minimum atomic E-state index is -0.557. The Hall–Kier alpha value is -2.37. The van der Waals surface area contributed by atoms with Gasteiger partial charge in [0, 0.05) is 30.3 Å². The number of nitrogens with zero attached hydrogens (tertiary/aromatic N) is 1. The number of fused-ring (bicyclic) bond motifs is 1. The van der Waals surface area contributed by atoms with Crippen molar-refractivity contribution >= 4 is 23.4 Å². The summed E-state index contributed by atoms with van der Waals surface area (Å²) in [5.74, 6) is -0.780. The molecule has 1 fully saturated rings. The number of piperidine rings is 1. The Labute approximate surface area is 135 Å². The van der Waals surface area contributed by atoms with Crippen molar-refractivity contribution in [3.05, 3.63) is 29.3 Å². The lowest BCUT2D eigenvalue weighted by atomic mass is 10.0. The van der Waals surface area contributed by atoms with Crippen LogP contribution in [0, 0.1) is 0 Å². The highest BCUT2D eigenvalue weighted by Crippen LogP contribution is 2.29. The molecule has 1 saturated heterocycles. The third kappa shape index (κ3) is 2.93. The largest absolute Gasteiger partial charge is 0.383 e. The van der Waals surface area contributed by atoms with Crippen LogP contribution in [0.2, 0.25) is 0 Å². The van der Waals surface area contributed by atoms with Crippen LogP contribution in [-0.2, 0) is 16.1 Å². The molecule has 1 aromatic carbocycles. The highest BCUT2D eigenvalue weighted by molar-refractivity contribution is 6.05. The lowest BCUT2D eigenvalue weighted by Crippen LogP contribution is -2.52. The van der Waals surface area contributed by atoms with Crippen LogP contribution in [0.4, 0.5) is 5.69 Å². The maximum Gasteiger partial charge on any atom is 0.255 e. The van der Waals surface area contributed by atoms with E-state index in [1.54, 1.807) is 4.90 Å². The Balaban J connectivity index is 1.79. The lowest BCUT2D eigenvalue weighted by Gasteiger charge is -2.29. The van der Waals surface area contributed by atoms with Crippen molar-refractivity contribution in [2.75, 3.05) is 5.32 Å². The highest BCUT2D eigenvalue weighted by atomic mass is 16.2. The van der Waals surface area contributed by atoms with E-state index in [4.69, 9.17) is 0 Å². The zero-order valence-corrected chi connectivity index (χ0v) is 13.4. The second-order valence-corrected chi connectivity index (χ2v) is 6.23. The summed E-state index contributed by atoms with van der Waals surface area (Å²) in [6.07, 6.45) is 1.66. The predicted molar refractivity (Wildman–Crippen MR) is 85.9 cm³/mol. The second kappa shape index (κ2) is 6.02. The maximum absolute atomic E-state index is 12.7. The molecule has 0 saturated carbocycles. The molecule has 2 N–H and O–H groups in total. The van der Waals surface area contributed by atoms with E-state index in [9.17, 15) is 14.4 Å². The van der Waals surface area contributed by atoms with Gasteiger partial charge < -0.3 is 10.2 Å². The van der Waals surface area contributed by atoms with Crippen LogP contribution in [0.3, 0.4) is 0 Å². The van der Waals surface area contributed by atoms with E-state index >= 15 is 0 Å². The van der Waals surface area contributed by atoms with Crippen LogP contribution in [0.1, 0.15) is 49.0 Å². The smallest absolute Gasteiger partial charge is 0.255 e. The normalized spacial score (nSPS) is 21.9. The fourth-order valence-electron chi connectivity index (χ4n) is 3.03. The fraction of sp³-hybridized carbons (Fsp3) is 0.471. The Morgan fingerprint density at radius 2 is 2.13 bits per heavy atom. The number of benzene rings is 1. The topological polar surface area (TPSA) is 78.5 Å². The molecule has 0 spiro atoms. The monoisotopic (exact) mass is 315 g/mol. The zero-order chi connectivity index (χ0) is 16.6. The van der Waals surface area contributed by atoms with E-state index in [-0.39, 0.29) is 24.1 Å². The summed E-state index contributed by atoms with van der Waals surface area (Å²) in [5, 5.41) is 5.67. The van der Waals surface area contributed by atoms with Gasteiger partial charge in [-0.15, -0.1) is 0 Å². The number of hydrogen-bond donors (Lipinski definition) is 2. The van der Waals surface area contributed by atoms with Gasteiger partial charge in [0.2, 0.25) is 11.8 Å². The summed E-state index contributed by atoms with van der Waals surface area (Å²) in [5.41, 5.74) is 2.48. The molecule has 0 aliphatic carbocycles. The lowest BCUT2D eigenvalue weighted by molar-refractivity contribution is -0.136. The van der Waals surface area contributed by atoms with E-state index in [1.165, 1.54) is 0 Å². The number of hydrogen-bond acceptors (Lipinski definition) is 4. The molecule has 122 valence electrons. The predicted octanol–water partition coefficient (Wildman–Crippen LogP) is 1.66. The molecule has 2 heterocycles. The van der Waals surface area contributed by atoms with Crippen molar-refractivity contribution in [3.8, 4) is 0 Å². The third-order valence-electron chi connectivity index (χ3n) is 4.55. The molecule has 3 amide bonds. The molecule has 6 heteroatoms. The van der Waals surface area contributed by atoms with Crippen LogP contribution in [-0.4, -0.2) is 34.7 Å². The van der Waals surface area contributed by atoms with Crippen molar-refractivity contribution < 1.29 is 14.4 Å². The summed E-state index contributed by atoms with van der Waals surface area (Å²) < 4.78 is 0. The van der Waals surface area contributed by atoms with Crippen LogP contribution >= 0.6 is 0 Å². The van der Waals surface area contributed by atoms with Crippen molar-refractivity contribution in [1.29, 1.82) is 0 Å². The molecule has 2 aliphatic rings. The van der Waals surface area contributed by atoms with Crippen molar-refractivity contribution in [2.45, 2.75) is 51.7 Å². The number of rotatable bonds is 4. The SMILES string of the molecule is CC[C@@H](C)Nc1ccc2c(c1)C(=O)N(C1CCC(=O)NC1=O)C2. The zero-order valence-electron chi connectivity index (χ0n) is 13.4. The van der Waals surface area contributed by atoms with Gasteiger partial charge in [0.1, 0.15) is 6.04 Å². The van der Waals surface area contributed by atoms with Gasteiger partial charge in [0.25, 0.3) is 5.91 Å².